The summed E-state index contributed by atoms with van der Waals surface area (Å²) < 4.78 is 5.06. The molecule has 1 atom stereocenters. The highest BCUT2D eigenvalue weighted by Crippen LogP contribution is 2.17. The number of aryl methyl sites for hydroxylation is 2. The highest BCUT2D eigenvalue weighted by atomic mass is 16.5. The van der Waals surface area contributed by atoms with E-state index in [1.807, 2.05) is 0 Å². The Kier molecular flexibility index (Phi) is 6.33. The Morgan fingerprint density at radius 1 is 1.17 bits per heavy atom. The maximum Gasteiger partial charge on any atom is 0.0589 e. The van der Waals surface area contributed by atoms with Crippen LogP contribution in [0.1, 0.15) is 29.2 Å². The van der Waals surface area contributed by atoms with Gasteiger partial charge in [0.1, 0.15) is 0 Å². The fourth-order valence-electron chi connectivity index (χ4n) is 2.11. The van der Waals surface area contributed by atoms with E-state index in [2.05, 4.69) is 44.0 Å². The van der Waals surface area contributed by atoms with Gasteiger partial charge in [0.25, 0.3) is 0 Å². The number of likely N-dealkylation sites (N-methyl/N-ethyl adjacent to an activating group) is 1. The predicted molar refractivity (Wildman–Crippen MR) is 76.8 cm³/mol. The topological polar surface area (TPSA) is 38.5 Å². The minimum absolute atomic E-state index is 0.119. The molecular formula is C15H26N2O. The molecule has 1 rings (SSSR count). The van der Waals surface area contributed by atoms with Crippen molar-refractivity contribution in [2.24, 2.45) is 5.73 Å². The maximum absolute atomic E-state index is 6.25. The van der Waals surface area contributed by atoms with Crippen molar-refractivity contribution in [1.82, 2.24) is 4.90 Å². The lowest BCUT2D eigenvalue weighted by Gasteiger charge is -2.19. The normalized spacial score (nSPS) is 13.0. The van der Waals surface area contributed by atoms with Crippen LogP contribution in [-0.2, 0) is 4.74 Å². The zero-order chi connectivity index (χ0) is 13.5. The molecule has 0 bridgehead atoms. The van der Waals surface area contributed by atoms with E-state index in [0.717, 1.165) is 26.1 Å². The van der Waals surface area contributed by atoms with Crippen LogP contribution in [0.4, 0.5) is 0 Å². The third-order valence-corrected chi connectivity index (χ3v) is 3.17. The Labute approximate surface area is 111 Å². The van der Waals surface area contributed by atoms with Crippen LogP contribution in [0.3, 0.4) is 0 Å². The van der Waals surface area contributed by atoms with Crippen LogP contribution in [0.5, 0.6) is 0 Å². The zero-order valence-corrected chi connectivity index (χ0v) is 12.1. The number of hydrogen-bond donors (Lipinski definition) is 1. The summed E-state index contributed by atoms with van der Waals surface area (Å²) in [5.74, 6) is 0. The molecule has 0 saturated heterocycles. The summed E-state index contributed by atoms with van der Waals surface area (Å²) in [5.41, 5.74) is 10.1. The quantitative estimate of drug-likeness (QED) is 0.807. The van der Waals surface area contributed by atoms with Crippen molar-refractivity contribution < 1.29 is 4.74 Å². The Morgan fingerprint density at radius 3 is 2.33 bits per heavy atom. The van der Waals surface area contributed by atoms with E-state index in [1.165, 1.54) is 16.7 Å². The maximum atomic E-state index is 6.25. The van der Waals surface area contributed by atoms with Gasteiger partial charge in [-0.3, -0.25) is 0 Å². The average molecular weight is 250 g/mol. The summed E-state index contributed by atoms with van der Waals surface area (Å²) in [4.78, 5) is 2.26. The lowest BCUT2D eigenvalue weighted by Crippen LogP contribution is -2.26. The van der Waals surface area contributed by atoms with Gasteiger partial charge >= 0.3 is 0 Å². The summed E-state index contributed by atoms with van der Waals surface area (Å²) in [5, 5.41) is 0. The Morgan fingerprint density at radius 2 is 1.78 bits per heavy atom. The van der Waals surface area contributed by atoms with E-state index in [4.69, 9.17) is 10.5 Å². The molecule has 0 saturated carbocycles. The molecule has 0 fully saturated rings. The molecule has 0 aliphatic carbocycles. The highest BCUT2D eigenvalue weighted by Gasteiger charge is 2.08. The number of nitrogens with zero attached hydrogens (tertiary/aromatic N) is 1. The lowest BCUT2D eigenvalue weighted by atomic mass is 10.00. The smallest absolute Gasteiger partial charge is 0.0589 e. The molecule has 3 nitrogen and oxygen atoms in total. The van der Waals surface area contributed by atoms with Gasteiger partial charge < -0.3 is 15.4 Å². The minimum atomic E-state index is 0.119. The van der Waals surface area contributed by atoms with Crippen LogP contribution >= 0.6 is 0 Å². The van der Waals surface area contributed by atoms with E-state index in [9.17, 15) is 0 Å². The van der Waals surface area contributed by atoms with E-state index < -0.39 is 0 Å². The first-order chi connectivity index (χ1) is 8.52. The van der Waals surface area contributed by atoms with E-state index in [0.29, 0.717) is 0 Å². The van der Waals surface area contributed by atoms with Gasteiger partial charge in [-0.05, 0) is 39.4 Å². The van der Waals surface area contributed by atoms with Gasteiger partial charge in [0, 0.05) is 19.7 Å². The van der Waals surface area contributed by atoms with Gasteiger partial charge in [-0.15, -0.1) is 0 Å². The zero-order valence-electron chi connectivity index (χ0n) is 12.1. The Balaban J connectivity index is 2.47. The number of rotatable bonds is 7. The van der Waals surface area contributed by atoms with Gasteiger partial charge in [0.15, 0.2) is 0 Å². The van der Waals surface area contributed by atoms with Crippen LogP contribution in [0, 0.1) is 13.8 Å². The molecule has 18 heavy (non-hydrogen) atoms. The first-order valence-corrected chi connectivity index (χ1v) is 6.54. The van der Waals surface area contributed by atoms with Crippen molar-refractivity contribution in [1.29, 1.82) is 0 Å². The number of hydrogen-bond acceptors (Lipinski definition) is 3. The van der Waals surface area contributed by atoms with Gasteiger partial charge in [-0.2, -0.15) is 0 Å². The van der Waals surface area contributed by atoms with E-state index >= 15 is 0 Å². The summed E-state index contributed by atoms with van der Waals surface area (Å²) in [6.07, 6.45) is 0.975. The molecule has 0 amide bonds. The highest BCUT2D eigenvalue weighted by molar-refractivity contribution is 5.30. The van der Waals surface area contributed by atoms with Crippen molar-refractivity contribution in [2.45, 2.75) is 26.3 Å². The monoisotopic (exact) mass is 250 g/mol. The summed E-state index contributed by atoms with van der Waals surface area (Å²) in [6.45, 7) is 6.96. The second-order valence-electron chi connectivity index (χ2n) is 5.11. The number of methoxy groups -OCH3 is 1. The van der Waals surface area contributed by atoms with Gasteiger partial charge in [0.2, 0.25) is 0 Å². The fraction of sp³-hybridized carbons (Fsp3) is 0.600. The van der Waals surface area contributed by atoms with Crippen molar-refractivity contribution in [3.63, 3.8) is 0 Å². The SMILES string of the molecule is COCCN(C)CCC(N)c1cc(C)cc(C)c1. The molecule has 0 radical (unpaired) electrons. The van der Waals surface area contributed by atoms with Crippen molar-refractivity contribution in [3.05, 3.63) is 34.9 Å². The van der Waals surface area contributed by atoms with E-state index in [-0.39, 0.29) is 6.04 Å². The molecule has 1 aromatic carbocycles. The summed E-state index contributed by atoms with van der Waals surface area (Å²) in [6, 6.07) is 6.68. The van der Waals surface area contributed by atoms with Gasteiger partial charge in [-0.25, -0.2) is 0 Å². The molecule has 0 heterocycles. The molecule has 102 valence electrons. The summed E-state index contributed by atoms with van der Waals surface area (Å²) >= 11 is 0. The predicted octanol–water partition coefficient (Wildman–Crippen LogP) is 2.27. The third-order valence-electron chi connectivity index (χ3n) is 3.17. The lowest BCUT2D eigenvalue weighted by molar-refractivity contribution is 0.159. The average Bonchev–Trinajstić information content (AvgIpc) is 2.32. The van der Waals surface area contributed by atoms with Gasteiger partial charge in [0.05, 0.1) is 6.61 Å². The second kappa shape index (κ2) is 7.52. The van der Waals surface area contributed by atoms with Crippen molar-refractivity contribution in [2.75, 3.05) is 33.9 Å². The molecular weight excluding hydrogens is 224 g/mol. The molecule has 0 spiro atoms. The molecule has 1 aromatic rings. The van der Waals surface area contributed by atoms with Crippen molar-refractivity contribution in [3.8, 4) is 0 Å². The van der Waals surface area contributed by atoms with E-state index in [1.54, 1.807) is 7.11 Å². The van der Waals surface area contributed by atoms with Crippen molar-refractivity contribution >= 4 is 0 Å². The molecule has 3 heteroatoms. The molecule has 0 aromatic heterocycles. The first kappa shape index (κ1) is 15.2. The summed E-state index contributed by atoms with van der Waals surface area (Å²) in [7, 11) is 3.84. The van der Waals surface area contributed by atoms with Gasteiger partial charge in [-0.1, -0.05) is 29.3 Å². The number of benzene rings is 1. The second-order valence-corrected chi connectivity index (χ2v) is 5.11. The fourth-order valence-corrected chi connectivity index (χ4v) is 2.11. The number of nitrogens with two attached hydrogens (primary N) is 1. The standard InChI is InChI=1S/C15H26N2O/c1-12-9-13(2)11-14(10-12)15(16)5-6-17(3)7-8-18-4/h9-11,15H,5-8,16H2,1-4H3. The molecule has 0 aliphatic rings. The van der Waals surface area contributed by atoms with Crippen LogP contribution < -0.4 is 5.73 Å². The van der Waals surface area contributed by atoms with Crippen LogP contribution in [0.2, 0.25) is 0 Å². The van der Waals surface area contributed by atoms with Crippen LogP contribution in [0.15, 0.2) is 18.2 Å². The largest absolute Gasteiger partial charge is 0.383 e. The first-order valence-electron chi connectivity index (χ1n) is 6.54. The molecule has 2 N–H and O–H groups in total. The minimum Gasteiger partial charge on any atom is -0.383 e. The third kappa shape index (κ3) is 5.17. The van der Waals surface area contributed by atoms with Crippen LogP contribution in [0.25, 0.3) is 0 Å². The Hall–Kier alpha value is -0.900. The molecule has 1 unspecified atom stereocenters. The molecule has 0 aliphatic heterocycles. The number of ether oxygens (including phenoxy) is 1. The van der Waals surface area contributed by atoms with Crippen LogP contribution in [-0.4, -0.2) is 38.8 Å². The Bertz CT molecular complexity index is 345.